The fourth-order valence-corrected chi connectivity index (χ4v) is 1.45. The molecular formula is C12H18N4O5. The van der Waals surface area contributed by atoms with E-state index in [9.17, 15) is 10.1 Å². The first-order chi connectivity index (χ1) is 10.1. The number of nitrogens with one attached hydrogen (secondary N) is 1. The Labute approximate surface area is 122 Å². The average molecular weight is 298 g/mol. The van der Waals surface area contributed by atoms with E-state index in [0.717, 1.165) is 0 Å². The van der Waals surface area contributed by atoms with Crippen LogP contribution in [0.4, 0.5) is 11.5 Å². The summed E-state index contributed by atoms with van der Waals surface area (Å²) in [6, 6.07) is 0. The first kappa shape index (κ1) is 16.8. The van der Waals surface area contributed by atoms with Gasteiger partial charge in [-0.2, -0.15) is 4.98 Å². The number of aromatic nitrogens is 2. The van der Waals surface area contributed by atoms with Gasteiger partial charge in [0.2, 0.25) is 5.82 Å². The second-order valence-electron chi connectivity index (χ2n) is 3.84. The van der Waals surface area contributed by atoms with Crippen LogP contribution in [0.15, 0.2) is 12.7 Å². The summed E-state index contributed by atoms with van der Waals surface area (Å²) in [5.74, 6) is 0.224. The van der Waals surface area contributed by atoms with E-state index in [-0.39, 0.29) is 43.0 Å². The Balaban J connectivity index is 3.17. The fraction of sp³-hybridized carbons (Fsp3) is 0.500. The summed E-state index contributed by atoms with van der Waals surface area (Å²) in [6.07, 6.45) is 1.56. The Morgan fingerprint density at radius 1 is 1.33 bits per heavy atom. The smallest absolute Gasteiger partial charge is 0.372 e. The Kier molecular flexibility index (Phi) is 7.05. The van der Waals surface area contributed by atoms with Crippen molar-refractivity contribution in [3.8, 4) is 5.88 Å². The molecule has 1 heterocycles. The van der Waals surface area contributed by atoms with Crippen molar-refractivity contribution in [2.75, 3.05) is 39.3 Å². The van der Waals surface area contributed by atoms with Gasteiger partial charge in [-0.25, -0.2) is 4.98 Å². The van der Waals surface area contributed by atoms with Gasteiger partial charge in [0.1, 0.15) is 13.2 Å². The van der Waals surface area contributed by atoms with Crippen molar-refractivity contribution in [3.05, 3.63) is 28.6 Å². The number of rotatable bonds is 10. The minimum Gasteiger partial charge on any atom is -0.470 e. The maximum absolute atomic E-state index is 11.2. The van der Waals surface area contributed by atoms with Crippen molar-refractivity contribution >= 4 is 11.5 Å². The van der Waals surface area contributed by atoms with Crippen LogP contribution in [0.5, 0.6) is 5.88 Å². The van der Waals surface area contributed by atoms with Crippen molar-refractivity contribution < 1.29 is 19.1 Å². The molecule has 1 aromatic rings. The largest absolute Gasteiger partial charge is 0.470 e. The standard InChI is InChI=1S/C12H18N4O5/c1-4-5-13-11-10(16(17)18)12(21-7-6-19-2)15-9(14-11)8-20-3/h4H,1,5-8H2,2-3H3,(H,13,14,15). The molecule has 1 rings (SSSR count). The van der Waals surface area contributed by atoms with Crippen LogP contribution >= 0.6 is 0 Å². The van der Waals surface area contributed by atoms with Crippen LogP contribution < -0.4 is 10.1 Å². The molecule has 0 atom stereocenters. The van der Waals surface area contributed by atoms with Crippen molar-refractivity contribution in [2.45, 2.75) is 6.61 Å². The van der Waals surface area contributed by atoms with Crippen molar-refractivity contribution in [1.29, 1.82) is 0 Å². The maximum atomic E-state index is 11.2. The van der Waals surface area contributed by atoms with E-state index in [1.165, 1.54) is 14.2 Å². The third-order valence-corrected chi connectivity index (χ3v) is 2.29. The van der Waals surface area contributed by atoms with Gasteiger partial charge in [0.05, 0.1) is 11.5 Å². The summed E-state index contributed by atoms with van der Waals surface area (Å²) in [6.45, 7) is 4.41. The Morgan fingerprint density at radius 2 is 2.10 bits per heavy atom. The SMILES string of the molecule is C=CCNc1nc(COC)nc(OCCOC)c1[N+](=O)[O-]. The number of ether oxygens (including phenoxy) is 3. The number of anilines is 1. The lowest BCUT2D eigenvalue weighted by Crippen LogP contribution is -2.13. The molecule has 21 heavy (non-hydrogen) atoms. The Bertz CT molecular complexity index is 495. The molecule has 0 aliphatic carbocycles. The number of methoxy groups -OCH3 is 2. The zero-order chi connectivity index (χ0) is 15.7. The van der Waals surface area contributed by atoms with Crippen LogP contribution in [0, 0.1) is 10.1 Å². The van der Waals surface area contributed by atoms with Gasteiger partial charge in [-0.1, -0.05) is 6.08 Å². The zero-order valence-electron chi connectivity index (χ0n) is 12.0. The van der Waals surface area contributed by atoms with Crippen molar-refractivity contribution in [2.24, 2.45) is 0 Å². The lowest BCUT2D eigenvalue weighted by atomic mass is 10.4. The summed E-state index contributed by atoms with van der Waals surface area (Å²) >= 11 is 0. The highest BCUT2D eigenvalue weighted by Crippen LogP contribution is 2.31. The van der Waals surface area contributed by atoms with Crippen LogP contribution in [0.2, 0.25) is 0 Å². The highest BCUT2D eigenvalue weighted by Gasteiger charge is 2.26. The van der Waals surface area contributed by atoms with Crippen LogP contribution in [-0.2, 0) is 16.1 Å². The summed E-state index contributed by atoms with van der Waals surface area (Å²) < 4.78 is 15.1. The fourth-order valence-electron chi connectivity index (χ4n) is 1.45. The molecule has 0 aliphatic heterocycles. The Morgan fingerprint density at radius 3 is 2.67 bits per heavy atom. The topological polar surface area (TPSA) is 109 Å². The molecule has 0 unspecified atom stereocenters. The molecule has 0 saturated carbocycles. The second-order valence-corrected chi connectivity index (χ2v) is 3.84. The molecule has 9 heteroatoms. The molecule has 116 valence electrons. The van der Waals surface area contributed by atoms with Gasteiger partial charge in [0, 0.05) is 20.8 Å². The maximum Gasteiger partial charge on any atom is 0.372 e. The molecule has 0 fully saturated rings. The first-order valence-electron chi connectivity index (χ1n) is 6.14. The molecule has 0 amide bonds. The van der Waals surface area contributed by atoms with E-state index in [2.05, 4.69) is 21.9 Å². The second kappa shape index (κ2) is 8.82. The molecular weight excluding hydrogens is 280 g/mol. The normalized spacial score (nSPS) is 10.2. The lowest BCUT2D eigenvalue weighted by Gasteiger charge is -2.10. The van der Waals surface area contributed by atoms with E-state index < -0.39 is 4.92 Å². The third kappa shape index (κ3) is 4.97. The summed E-state index contributed by atoms with van der Waals surface area (Å²) in [7, 11) is 2.98. The predicted octanol–water partition coefficient (Wildman–Crippen LogP) is 1.15. The molecule has 0 aliphatic rings. The average Bonchev–Trinajstić information content (AvgIpc) is 2.45. The lowest BCUT2D eigenvalue weighted by molar-refractivity contribution is -0.385. The van der Waals surface area contributed by atoms with Gasteiger partial charge >= 0.3 is 5.69 Å². The summed E-state index contributed by atoms with van der Waals surface area (Å²) in [5.41, 5.74) is -0.326. The highest BCUT2D eigenvalue weighted by atomic mass is 16.6. The molecule has 9 nitrogen and oxygen atoms in total. The van der Waals surface area contributed by atoms with Gasteiger partial charge in [0.15, 0.2) is 5.82 Å². The van der Waals surface area contributed by atoms with Gasteiger partial charge in [-0.05, 0) is 0 Å². The third-order valence-electron chi connectivity index (χ3n) is 2.29. The molecule has 0 spiro atoms. The zero-order valence-corrected chi connectivity index (χ0v) is 12.0. The molecule has 0 bridgehead atoms. The molecule has 1 N–H and O–H groups in total. The van der Waals surface area contributed by atoms with Crippen LogP contribution in [0.25, 0.3) is 0 Å². The van der Waals surface area contributed by atoms with Crippen molar-refractivity contribution in [3.63, 3.8) is 0 Å². The molecule has 0 aromatic carbocycles. The van der Waals surface area contributed by atoms with E-state index in [1.807, 2.05) is 0 Å². The molecule has 0 saturated heterocycles. The molecule has 0 radical (unpaired) electrons. The monoisotopic (exact) mass is 298 g/mol. The Hall–Kier alpha value is -2.26. The number of hydrogen-bond donors (Lipinski definition) is 1. The van der Waals surface area contributed by atoms with Crippen molar-refractivity contribution in [1.82, 2.24) is 9.97 Å². The van der Waals surface area contributed by atoms with Crippen LogP contribution in [0.3, 0.4) is 0 Å². The van der Waals surface area contributed by atoms with E-state index >= 15 is 0 Å². The predicted molar refractivity (Wildman–Crippen MR) is 75.5 cm³/mol. The summed E-state index contributed by atoms with van der Waals surface area (Å²) in [5, 5.41) is 14.0. The minimum atomic E-state index is -0.593. The van der Waals surface area contributed by atoms with E-state index in [1.54, 1.807) is 6.08 Å². The number of nitrogens with zero attached hydrogens (tertiary/aromatic N) is 3. The van der Waals surface area contributed by atoms with E-state index in [4.69, 9.17) is 14.2 Å². The summed E-state index contributed by atoms with van der Waals surface area (Å²) in [4.78, 5) is 18.7. The first-order valence-corrected chi connectivity index (χ1v) is 6.14. The quantitative estimate of drug-likeness (QED) is 0.296. The minimum absolute atomic E-state index is 0.0642. The van der Waals surface area contributed by atoms with Gasteiger partial charge in [0.25, 0.3) is 5.88 Å². The van der Waals surface area contributed by atoms with Gasteiger partial charge < -0.3 is 19.5 Å². The highest BCUT2D eigenvalue weighted by molar-refractivity contribution is 5.61. The van der Waals surface area contributed by atoms with Crippen LogP contribution in [0.1, 0.15) is 5.82 Å². The number of nitro groups is 1. The molecule has 1 aromatic heterocycles. The van der Waals surface area contributed by atoms with Crippen LogP contribution in [-0.4, -0.2) is 48.9 Å². The van der Waals surface area contributed by atoms with E-state index in [0.29, 0.717) is 6.54 Å². The number of hydrogen-bond acceptors (Lipinski definition) is 8. The van der Waals surface area contributed by atoms with Gasteiger partial charge in [-0.15, -0.1) is 6.58 Å². The van der Waals surface area contributed by atoms with Gasteiger partial charge in [-0.3, -0.25) is 10.1 Å².